The third-order valence-electron chi connectivity index (χ3n) is 2.69. The van der Waals surface area contributed by atoms with E-state index in [1.165, 1.54) is 27.5 Å². The number of hydrogen-bond acceptors (Lipinski definition) is 5. The molecule has 3 aromatic rings. The Bertz CT molecular complexity index is 828. The Balaban J connectivity index is 1.84. The molecule has 0 unspecified atom stereocenters. The van der Waals surface area contributed by atoms with E-state index in [4.69, 9.17) is 17.3 Å². The zero-order valence-corrected chi connectivity index (χ0v) is 12.6. The summed E-state index contributed by atoms with van der Waals surface area (Å²) < 4.78 is 1.54. The van der Waals surface area contributed by atoms with Gasteiger partial charge in [0.25, 0.3) is 5.56 Å². The minimum absolute atomic E-state index is 0.0600. The summed E-state index contributed by atoms with van der Waals surface area (Å²) in [7, 11) is 0. The molecule has 0 aliphatic rings. The van der Waals surface area contributed by atoms with Crippen LogP contribution in [0.2, 0.25) is 5.02 Å². The Hall–Kier alpha value is -1.50. The van der Waals surface area contributed by atoms with Gasteiger partial charge in [-0.25, -0.2) is 4.98 Å². The highest BCUT2D eigenvalue weighted by atomic mass is 35.5. The van der Waals surface area contributed by atoms with Gasteiger partial charge in [-0.1, -0.05) is 11.6 Å². The molecule has 0 saturated carbocycles. The van der Waals surface area contributed by atoms with E-state index in [0.717, 1.165) is 10.6 Å². The minimum Gasteiger partial charge on any atom is -0.399 e. The number of thioether (sulfide) groups is 1. The highest BCUT2D eigenvalue weighted by Gasteiger charge is 2.06. The summed E-state index contributed by atoms with van der Waals surface area (Å²) in [4.78, 5) is 17.9. The molecule has 1 aromatic carbocycles. The van der Waals surface area contributed by atoms with E-state index in [-0.39, 0.29) is 5.56 Å². The van der Waals surface area contributed by atoms with Crippen LogP contribution in [0.3, 0.4) is 0 Å². The number of aromatic nitrogens is 2. The highest BCUT2D eigenvalue weighted by molar-refractivity contribution is 7.98. The fraction of sp³-hybridized carbons (Fsp3) is 0.0769. The van der Waals surface area contributed by atoms with E-state index in [2.05, 4.69) is 4.98 Å². The van der Waals surface area contributed by atoms with Gasteiger partial charge in [-0.15, -0.1) is 23.1 Å². The van der Waals surface area contributed by atoms with Crippen LogP contribution in [0.15, 0.2) is 45.5 Å². The molecular weight excluding hydrogens is 314 g/mol. The van der Waals surface area contributed by atoms with Crippen molar-refractivity contribution < 1.29 is 0 Å². The highest BCUT2D eigenvalue weighted by Crippen LogP contribution is 2.30. The fourth-order valence-electron chi connectivity index (χ4n) is 1.75. The molecule has 0 radical (unpaired) electrons. The van der Waals surface area contributed by atoms with Crippen molar-refractivity contribution in [3.05, 3.63) is 56.9 Å². The number of benzene rings is 1. The maximum Gasteiger partial charge on any atom is 0.258 e. The molecule has 0 fully saturated rings. The van der Waals surface area contributed by atoms with Crippen molar-refractivity contribution >= 4 is 45.3 Å². The summed E-state index contributed by atoms with van der Waals surface area (Å²) in [5, 5.41) is 2.46. The molecule has 0 amide bonds. The lowest BCUT2D eigenvalue weighted by atomic mass is 10.3. The number of halogens is 1. The van der Waals surface area contributed by atoms with E-state index in [0.29, 0.717) is 21.4 Å². The second-order valence-corrected chi connectivity index (χ2v) is 6.42. The van der Waals surface area contributed by atoms with Gasteiger partial charge >= 0.3 is 0 Å². The van der Waals surface area contributed by atoms with Crippen molar-refractivity contribution in [2.45, 2.75) is 10.6 Å². The molecular formula is C13H10ClN3OS2. The third kappa shape index (κ3) is 2.67. The number of nitrogen functional groups attached to an aromatic ring is 1. The first-order valence-corrected chi connectivity index (χ1v) is 8.01. The van der Waals surface area contributed by atoms with E-state index < -0.39 is 0 Å². The fourth-order valence-corrected chi connectivity index (χ4v) is 3.65. The van der Waals surface area contributed by atoms with Crippen molar-refractivity contribution in [2.75, 3.05) is 5.73 Å². The maximum atomic E-state index is 11.9. The van der Waals surface area contributed by atoms with Gasteiger partial charge in [-0.05, 0) is 18.2 Å². The number of nitrogens with two attached hydrogens (primary N) is 1. The Morgan fingerprint density at radius 2 is 2.25 bits per heavy atom. The summed E-state index contributed by atoms with van der Waals surface area (Å²) in [5.74, 6) is 0.591. The zero-order chi connectivity index (χ0) is 14.1. The van der Waals surface area contributed by atoms with Gasteiger partial charge in [-0.3, -0.25) is 9.20 Å². The number of anilines is 1. The summed E-state index contributed by atoms with van der Waals surface area (Å²) in [6, 6.07) is 6.95. The van der Waals surface area contributed by atoms with Crippen molar-refractivity contribution in [1.82, 2.24) is 9.38 Å². The molecule has 102 valence electrons. The Morgan fingerprint density at radius 3 is 3.05 bits per heavy atom. The number of hydrogen-bond donors (Lipinski definition) is 1. The molecule has 2 heterocycles. The molecule has 0 aliphatic carbocycles. The monoisotopic (exact) mass is 323 g/mol. The zero-order valence-electron chi connectivity index (χ0n) is 10.2. The van der Waals surface area contributed by atoms with E-state index in [1.54, 1.807) is 24.4 Å². The lowest BCUT2D eigenvalue weighted by molar-refractivity contribution is 1.04. The molecule has 2 aromatic heterocycles. The largest absolute Gasteiger partial charge is 0.399 e. The van der Waals surface area contributed by atoms with Crippen molar-refractivity contribution in [2.24, 2.45) is 0 Å². The first-order chi connectivity index (χ1) is 9.63. The van der Waals surface area contributed by atoms with Crippen LogP contribution in [0, 0.1) is 0 Å². The van der Waals surface area contributed by atoms with Gasteiger partial charge in [0.05, 0.1) is 10.7 Å². The van der Waals surface area contributed by atoms with Crippen molar-refractivity contribution in [3.8, 4) is 0 Å². The van der Waals surface area contributed by atoms with Crippen LogP contribution >= 0.6 is 34.7 Å². The number of thiazole rings is 1. The van der Waals surface area contributed by atoms with Gasteiger partial charge in [-0.2, -0.15) is 0 Å². The Morgan fingerprint density at radius 1 is 1.40 bits per heavy atom. The van der Waals surface area contributed by atoms with E-state index in [9.17, 15) is 4.79 Å². The molecule has 20 heavy (non-hydrogen) atoms. The number of nitrogens with zero attached hydrogens (tertiary/aromatic N) is 2. The predicted octanol–water partition coefficient (Wildman–Crippen LogP) is 3.28. The first kappa shape index (κ1) is 13.5. The first-order valence-electron chi connectivity index (χ1n) is 5.77. The van der Waals surface area contributed by atoms with Crippen LogP contribution in [-0.2, 0) is 5.75 Å². The average Bonchev–Trinajstić information content (AvgIpc) is 2.86. The van der Waals surface area contributed by atoms with Crippen molar-refractivity contribution in [3.63, 3.8) is 0 Å². The predicted molar refractivity (Wildman–Crippen MR) is 84.8 cm³/mol. The van der Waals surface area contributed by atoms with Gasteiger partial charge in [0, 0.05) is 34.0 Å². The van der Waals surface area contributed by atoms with Gasteiger partial charge < -0.3 is 5.73 Å². The smallest absolute Gasteiger partial charge is 0.258 e. The topological polar surface area (TPSA) is 60.4 Å². The molecule has 0 saturated heterocycles. The second kappa shape index (κ2) is 5.47. The van der Waals surface area contributed by atoms with Crippen LogP contribution < -0.4 is 11.3 Å². The summed E-state index contributed by atoms with van der Waals surface area (Å²) >= 11 is 9.10. The lowest BCUT2D eigenvalue weighted by Gasteiger charge is -2.05. The SMILES string of the molecule is Nc1ccc(SCc2cc(=O)n3ccsc3n2)c(Cl)c1. The molecule has 0 atom stereocenters. The summed E-state index contributed by atoms with van der Waals surface area (Å²) in [5.41, 5.74) is 6.98. The Labute approximate surface area is 128 Å². The molecule has 3 rings (SSSR count). The van der Waals surface area contributed by atoms with Gasteiger partial charge in [0.2, 0.25) is 0 Å². The summed E-state index contributed by atoms with van der Waals surface area (Å²) in [6.45, 7) is 0. The van der Waals surface area contributed by atoms with E-state index >= 15 is 0 Å². The molecule has 7 heteroatoms. The number of fused-ring (bicyclic) bond motifs is 1. The van der Waals surface area contributed by atoms with Crippen LogP contribution in [-0.4, -0.2) is 9.38 Å². The standard InChI is InChI=1S/C13H10ClN3OS2/c14-10-5-8(15)1-2-11(10)20-7-9-6-12(18)17-3-4-19-13(17)16-9/h1-6H,7,15H2. The van der Waals surface area contributed by atoms with E-state index in [1.807, 2.05) is 11.4 Å². The van der Waals surface area contributed by atoms with Crippen LogP contribution in [0.5, 0.6) is 0 Å². The minimum atomic E-state index is -0.0600. The molecule has 2 N–H and O–H groups in total. The molecule has 4 nitrogen and oxygen atoms in total. The average molecular weight is 324 g/mol. The molecule has 0 bridgehead atoms. The normalized spacial score (nSPS) is 11.1. The van der Waals surface area contributed by atoms with Crippen LogP contribution in [0.25, 0.3) is 4.96 Å². The molecule has 0 spiro atoms. The molecule has 0 aliphatic heterocycles. The van der Waals surface area contributed by atoms with Crippen molar-refractivity contribution in [1.29, 1.82) is 0 Å². The quantitative estimate of drug-likeness (QED) is 0.593. The van der Waals surface area contributed by atoms with Crippen LogP contribution in [0.1, 0.15) is 5.69 Å². The van der Waals surface area contributed by atoms with Gasteiger partial charge in [0.1, 0.15) is 0 Å². The second-order valence-electron chi connectivity index (χ2n) is 4.12. The maximum absolute atomic E-state index is 11.9. The Kier molecular flexibility index (Phi) is 3.69. The lowest BCUT2D eigenvalue weighted by Crippen LogP contribution is -2.12. The third-order valence-corrected chi connectivity index (χ3v) is 4.98. The number of rotatable bonds is 3. The van der Waals surface area contributed by atoms with Crippen LogP contribution in [0.4, 0.5) is 5.69 Å². The summed E-state index contributed by atoms with van der Waals surface area (Å²) in [6.07, 6.45) is 1.73. The van der Waals surface area contributed by atoms with Gasteiger partial charge in [0.15, 0.2) is 4.96 Å².